The third-order valence-electron chi connectivity index (χ3n) is 1.42. The smallest absolute Gasteiger partial charge is 0.256 e. The summed E-state index contributed by atoms with van der Waals surface area (Å²) in [6, 6.07) is 1.43. The van der Waals surface area contributed by atoms with Gasteiger partial charge in [-0.25, -0.2) is 8.78 Å². The van der Waals surface area contributed by atoms with Crippen molar-refractivity contribution < 1.29 is 8.78 Å². The van der Waals surface area contributed by atoms with E-state index in [4.69, 9.17) is 0 Å². The summed E-state index contributed by atoms with van der Waals surface area (Å²) >= 11 is 3.15. The second-order valence-electron chi connectivity index (χ2n) is 2.73. The average molecular weight is 239 g/mol. The number of nitrogens with zero attached hydrogens (tertiary/aromatic N) is 2. The molecule has 1 aromatic heterocycles. The van der Waals surface area contributed by atoms with Gasteiger partial charge in [-0.15, -0.1) is 0 Å². The maximum Gasteiger partial charge on any atom is 0.282 e. The Hall–Kier alpha value is -0.450. The zero-order valence-electron chi connectivity index (χ0n) is 6.76. The molecule has 0 aliphatic heterocycles. The lowest BCUT2D eigenvalue weighted by molar-refractivity contribution is 0.144. The molecule has 0 radical (unpaired) electrons. The first-order valence-electron chi connectivity index (χ1n) is 3.55. The first kappa shape index (κ1) is 9.64. The van der Waals surface area contributed by atoms with Crippen molar-refractivity contribution in [1.29, 1.82) is 0 Å². The standard InChI is InChI=1S/C7H9BrF2N2/c1-4(2)12-6(8)3-5(11-12)7(9)10/h3-4,7H,1-2H3. The first-order valence-corrected chi connectivity index (χ1v) is 4.34. The van der Waals surface area contributed by atoms with E-state index in [0.717, 1.165) is 0 Å². The van der Waals surface area contributed by atoms with Crippen molar-refractivity contribution in [3.63, 3.8) is 0 Å². The van der Waals surface area contributed by atoms with Gasteiger partial charge in [-0.3, -0.25) is 4.68 Å². The molecule has 1 rings (SSSR count). The van der Waals surface area contributed by atoms with Crippen LogP contribution < -0.4 is 0 Å². The van der Waals surface area contributed by atoms with E-state index in [-0.39, 0.29) is 11.7 Å². The van der Waals surface area contributed by atoms with Crippen LogP contribution in [0.1, 0.15) is 32.0 Å². The summed E-state index contributed by atoms with van der Waals surface area (Å²) in [7, 11) is 0. The van der Waals surface area contributed by atoms with Crippen LogP contribution in [0.5, 0.6) is 0 Å². The van der Waals surface area contributed by atoms with Crippen molar-refractivity contribution in [2.24, 2.45) is 0 Å². The van der Waals surface area contributed by atoms with Gasteiger partial charge in [0.2, 0.25) is 0 Å². The highest BCUT2D eigenvalue weighted by molar-refractivity contribution is 9.10. The van der Waals surface area contributed by atoms with Crippen molar-refractivity contribution >= 4 is 15.9 Å². The van der Waals surface area contributed by atoms with Gasteiger partial charge in [0.25, 0.3) is 6.43 Å². The van der Waals surface area contributed by atoms with Gasteiger partial charge >= 0.3 is 0 Å². The Bertz CT molecular complexity index is 270. The van der Waals surface area contributed by atoms with Crippen LogP contribution in [0.15, 0.2) is 10.7 Å². The van der Waals surface area contributed by atoms with Crippen LogP contribution in [0.4, 0.5) is 8.78 Å². The van der Waals surface area contributed by atoms with Crippen molar-refractivity contribution in [3.8, 4) is 0 Å². The summed E-state index contributed by atoms with van der Waals surface area (Å²) in [5.74, 6) is 0. The Morgan fingerprint density at radius 2 is 2.08 bits per heavy atom. The Kier molecular flexibility index (Phi) is 2.82. The van der Waals surface area contributed by atoms with E-state index >= 15 is 0 Å². The largest absolute Gasteiger partial charge is 0.282 e. The third kappa shape index (κ3) is 1.83. The minimum absolute atomic E-state index is 0.0897. The molecule has 0 N–H and O–H groups in total. The number of rotatable bonds is 2. The van der Waals surface area contributed by atoms with E-state index in [2.05, 4.69) is 21.0 Å². The van der Waals surface area contributed by atoms with Crippen LogP contribution in [-0.2, 0) is 0 Å². The number of hydrogen-bond acceptors (Lipinski definition) is 1. The Labute approximate surface area is 77.7 Å². The lowest BCUT2D eigenvalue weighted by Gasteiger charge is -2.05. The molecule has 0 saturated carbocycles. The predicted octanol–water partition coefficient (Wildman–Crippen LogP) is 3.16. The summed E-state index contributed by atoms with van der Waals surface area (Å²) < 4.78 is 26.4. The van der Waals surface area contributed by atoms with Gasteiger partial charge in [-0.1, -0.05) is 0 Å². The second kappa shape index (κ2) is 3.51. The number of halogens is 3. The zero-order chi connectivity index (χ0) is 9.30. The van der Waals surface area contributed by atoms with Crippen molar-refractivity contribution in [2.45, 2.75) is 26.3 Å². The fourth-order valence-electron chi connectivity index (χ4n) is 0.858. The molecule has 2 nitrogen and oxygen atoms in total. The van der Waals surface area contributed by atoms with E-state index in [0.29, 0.717) is 4.60 Å². The highest BCUT2D eigenvalue weighted by Gasteiger charge is 2.14. The van der Waals surface area contributed by atoms with Gasteiger partial charge in [0.15, 0.2) is 0 Å². The molecule has 0 aliphatic carbocycles. The average Bonchev–Trinajstić information content (AvgIpc) is 2.30. The summed E-state index contributed by atoms with van der Waals surface area (Å²) in [6.45, 7) is 3.76. The van der Waals surface area contributed by atoms with Crippen LogP contribution in [0.2, 0.25) is 0 Å². The number of alkyl halides is 2. The Balaban J connectivity index is 3.00. The topological polar surface area (TPSA) is 17.8 Å². The summed E-state index contributed by atoms with van der Waals surface area (Å²) in [5, 5.41) is 3.73. The fourth-order valence-corrected chi connectivity index (χ4v) is 1.58. The van der Waals surface area contributed by atoms with Crippen LogP contribution in [0.3, 0.4) is 0 Å². The minimum Gasteiger partial charge on any atom is -0.256 e. The van der Waals surface area contributed by atoms with Crippen LogP contribution >= 0.6 is 15.9 Å². The molecule has 0 spiro atoms. The number of hydrogen-bond donors (Lipinski definition) is 0. The van der Waals surface area contributed by atoms with E-state index in [9.17, 15) is 8.78 Å². The highest BCUT2D eigenvalue weighted by Crippen LogP contribution is 2.23. The molecule has 68 valence electrons. The lowest BCUT2D eigenvalue weighted by atomic mass is 10.4. The molecule has 0 bridgehead atoms. The number of aromatic nitrogens is 2. The van der Waals surface area contributed by atoms with Gasteiger partial charge in [-0.05, 0) is 35.8 Å². The molecule has 0 aliphatic rings. The van der Waals surface area contributed by atoms with E-state index in [1.165, 1.54) is 10.7 Å². The van der Waals surface area contributed by atoms with Gasteiger partial charge in [0, 0.05) is 6.04 Å². The summed E-state index contributed by atoms with van der Waals surface area (Å²) in [6.07, 6.45) is -2.50. The molecule has 5 heteroatoms. The molecule has 0 amide bonds. The molecule has 0 fully saturated rings. The molecule has 0 unspecified atom stereocenters. The van der Waals surface area contributed by atoms with E-state index in [1.807, 2.05) is 13.8 Å². The Morgan fingerprint density at radius 1 is 1.50 bits per heavy atom. The van der Waals surface area contributed by atoms with Crippen LogP contribution in [0.25, 0.3) is 0 Å². The molecule has 1 aromatic rings. The van der Waals surface area contributed by atoms with Gasteiger partial charge in [-0.2, -0.15) is 5.10 Å². The van der Waals surface area contributed by atoms with Crippen molar-refractivity contribution in [3.05, 3.63) is 16.4 Å². The molecule has 12 heavy (non-hydrogen) atoms. The Morgan fingerprint density at radius 3 is 2.33 bits per heavy atom. The molecule has 0 aromatic carbocycles. The molecule has 0 saturated heterocycles. The zero-order valence-corrected chi connectivity index (χ0v) is 8.35. The normalized spacial score (nSPS) is 11.6. The fraction of sp³-hybridized carbons (Fsp3) is 0.571. The summed E-state index contributed by atoms with van der Waals surface area (Å²) in [5.41, 5.74) is -0.185. The maximum atomic E-state index is 12.1. The third-order valence-corrected chi connectivity index (χ3v) is 2.01. The van der Waals surface area contributed by atoms with Crippen molar-refractivity contribution in [1.82, 2.24) is 9.78 Å². The van der Waals surface area contributed by atoms with Crippen LogP contribution in [-0.4, -0.2) is 9.78 Å². The lowest BCUT2D eigenvalue weighted by Crippen LogP contribution is -2.03. The quantitative estimate of drug-likeness (QED) is 0.774. The minimum atomic E-state index is -2.50. The second-order valence-corrected chi connectivity index (χ2v) is 3.54. The highest BCUT2D eigenvalue weighted by atomic mass is 79.9. The molecule has 0 atom stereocenters. The van der Waals surface area contributed by atoms with Gasteiger partial charge in [0.05, 0.1) is 0 Å². The first-order chi connectivity index (χ1) is 5.52. The summed E-state index contributed by atoms with van der Waals surface area (Å²) in [4.78, 5) is 0. The monoisotopic (exact) mass is 238 g/mol. The molecule has 1 heterocycles. The maximum absolute atomic E-state index is 12.1. The van der Waals surface area contributed by atoms with E-state index < -0.39 is 6.43 Å². The molecular weight excluding hydrogens is 230 g/mol. The van der Waals surface area contributed by atoms with E-state index in [1.54, 1.807) is 0 Å². The SMILES string of the molecule is CC(C)n1nc(C(F)F)cc1Br. The predicted molar refractivity (Wildman–Crippen MR) is 45.3 cm³/mol. The molecular formula is C7H9BrF2N2. The van der Waals surface area contributed by atoms with Gasteiger partial charge in [0.1, 0.15) is 10.3 Å². The van der Waals surface area contributed by atoms with Gasteiger partial charge < -0.3 is 0 Å². The van der Waals surface area contributed by atoms with Crippen molar-refractivity contribution in [2.75, 3.05) is 0 Å². The van der Waals surface area contributed by atoms with Crippen LogP contribution in [0, 0.1) is 0 Å².